The van der Waals surface area contributed by atoms with E-state index in [9.17, 15) is 4.79 Å². The van der Waals surface area contributed by atoms with Gasteiger partial charge in [-0.05, 0) is 49.6 Å². The highest BCUT2D eigenvalue weighted by molar-refractivity contribution is 6.30. The monoisotopic (exact) mass is 387 g/mol. The number of aliphatic imine (C=N–C) groups is 1. The Morgan fingerprint density at radius 1 is 1.15 bits per heavy atom. The molecule has 0 fully saturated rings. The van der Waals surface area contributed by atoms with Crippen molar-refractivity contribution in [3.8, 4) is 0 Å². The maximum absolute atomic E-state index is 12.0. The van der Waals surface area contributed by atoms with Gasteiger partial charge in [-0.15, -0.1) is 0 Å². The lowest BCUT2D eigenvalue weighted by molar-refractivity contribution is -0.116. The van der Waals surface area contributed by atoms with Crippen molar-refractivity contribution in [1.82, 2.24) is 15.6 Å². The molecule has 0 aliphatic heterocycles. The van der Waals surface area contributed by atoms with Gasteiger partial charge in [-0.2, -0.15) is 0 Å². The fourth-order valence-corrected chi connectivity index (χ4v) is 2.46. The number of hydrogen-bond acceptors (Lipinski definition) is 3. The maximum atomic E-state index is 12.0. The molecule has 0 saturated heterocycles. The molecule has 0 aliphatic carbocycles. The van der Waals surface area contributed by atoms with Gasteiger partial charge >= 0.3 is 0 Å². The van der Waals surface area contributed by atoms with Crippen LogP contribution in [0.4, 0.5) is 5.82 Å². The van der Waals surface area contributed by atoms with Crippen molar-refractivity contribution in [2.24, 2.45) is 4.99 Å². The van der Waals surface area contributed by atoms with Crippen molar-refractivity contribution in [2.45, 2.75) is 26.7 Å². The zero-order valence-electron chi connectivity index (χ0n) is 15.8. The second-order valence-electron chi connectivity index (χ2n) is 6.08. The van der Waals surface area contributed by atoms with E-state index in [2.05, 4.69) is 25.9 Å². The van der Waals surface area contributed by atoms with Crippen molar-refractivity contribution < 1.29 is 4.79 Å². The van der Waals surface area contributed by atoms with Crippen LogP contribution in [0.5, 0.6) is 0 Å². The summed E-state index contributed by atoms with van der Waals surface area (Å²) in [5, 5.41) is 9.97. The highest BCUT2D eigenvalue weighted by Crippen LogP contribution is 2.09. The zero-order valence-corrected chi connectivity index (χ0v) is 16.5. The van der Waals surface area contributed by atoms with Gasteiger partial charge in [0.1, 0.15) is 5.82 Å². The highest BCUT2D eigenvalue weighted by Gasteiger charge is 2.04. The number of rotatable bonds is 8. The average Bonchev–Trinajstić information content (AvgIpc) is 2.65. The molecule has 7 heteroatoms. The Labute approximate surface area is 165 Å². The third kappa shape index (κ3) is 8.09. The third-order valence-corrected chi connectivity index (χ3v) is 4.00. The Bertz CT molecular complexity index is 744. The molecule has 144 valence electrons. The van der Waals surface area contributed by atoms with Crippen LogP contribution in [-0.4, -0.2) is 36.5 Å². The Morgan fingerprint density at radius 2 is 1.93 bits per heavy atom. The summed E-state index contributed by atoms with van der Waals surface area (Å²) in [6.45, 7) is 5.86. The summed E-state index contributed by atoms with van der Waals surface area (Å²) in [5.41, 5.74) is 2.25. The zero-order chi connectivity index (χ0) is 19.5. The summed E-state index contributed by atoms with van der Waals surface area (Å²) in [4.78, 5) is 20.6. The van der Waals surface area contributed by atoms with Gasteiger partial charge in [-0.3, -0.25) is 9.79 Å². The van der Waals surface area contributed by atoms with Crippen molar-refractivity contribution in [1.29, 1.82) is 0 Å². The van der Waals surface area contributed by atoms with Gasteiger partial charge in [0.25, 0.3) is 0 Å². The molecule has 0 saturated carbocycles. The maximum Gasteiger partial charge on any atom is 0.227 e. The number of hydrogen-bond donors (Lipinski definition) is 3. The van der Waals surface area contributed by atoms with E-state index in [0.717, 1.165) is 30.1 Å². The normalized spacial score (nSPS) is 11.1. The molecule has 2 rings (SSSR count). The molecule has 0 aliphatic rings. The number of aromatic nitrogens is 1. The predicted octanol–water partition coefficient (Wildman–Crippen LogP) is 3.17. The number of nitrogens with one attached hydrogen (secondary N) is 3. The van der Waals surface area contributed by atoms with Crippen LogP contribution >= 0.6 is 11.6 Å². The van der Waals surface area contributed by atoms with Crippen molar-refractivity contribution >= 4 is 29.3 Å². The van der Waals surface area contributed by atoms with E-state index in [1.165, 1.54) is 5.56 Å². The summed E-state index contributed by atoms with van der Waals surface area (Å²) < 4.78 is 0. The summed E-state index contributed by atoms with van der Waals surface area (Å²) in [6.07, 6.45) is 2.88. The van der Waals surface area contributed by atoms with Gasteiger partial charge in [-0.25, -0.2) is 4.98 Å². The first-order chi connectivity index (χ1) is 13.1. The first-order valence-corrected chi connectivity index (χ1v) is 9.43. The third-order valence-electron chi connectivity index (χ3n) is 3.75. The van der Waals surface area contributed by atoms with Gasteiger partial charge in [0.05, 0.1) is 6.54 Å². The molecule has 6 nitrogen and oxygen atoms in total. The first-order valence-electron chi connectivity index (χ1n) is 9.06. The SMILES string of the molecule is CCNC(=NCCC(=O)Nc1ccc(C)cn1)NCCc1ccc(Cl)cc1. The lowest BCUT2D eigenvalue weighted by Gasteiger charge is -2.11. The van der Waals surface area contributed by atoms with Gasteiger partial charge in [0.2, 0.25) is 5.91 Å². The number of anilines is 1. The predicted molar refractivity (Wildman–Crippen MR) is 111 cm³/mol. The molecular formula is C20H26ClN5O. The van der Waals surface area contributed by atoms with E-state index in [4.69, 9.17) is 11.6 Å². The van der Waals surface area contributed by atoms with E-state index in [1.807, 2.05) is 44.2 Å². The van der Waals surface area contributed by atoms with Crippen LogP contribution in [0.15, 0.2) is 47.6 Å². The minimum absolute atomic E-state index is 0.105. The number of carbonyl (C=O) groups excluding carboxylic acids is 1. The number of halogens is 1. The molecule has 3 N–H and O–H groups in total. The molecule has 0 unspecified atom stereocenters. The number of aryl methyl sites for hydroxylation is 1. The van der Waals surface area contributed by atoms with Crippen LogP contribution in [0.3, 0.4) is 0 Å². The second-order valence-corrected chi connectivity index (χ2v) is 6.52. The number of nitrogens with zero attached hydrogens (tertiary/aromatic N) is 2. The van der Waals surface area contributed by atoms with Gasteiger partial charge in [0, 0.05) is 30.7 Å². The van der Waals surface area contributed by atoms with Crippen LogP contribution in [0, 0.1) is 6.92 Å². The topological polar surface area (TPSA) is 78.4 Å². The molecule has 1 heterocycles. The fraction of sp³-hybridized carbons (Fsp3) is 0.350. The van der Waals surface area contributed by atoms with E-state index in [-0.39, 0.29) is 5.91 Å². The molecule has 2 aromatic rings. The quantitative estimate of drug-likeness (QED) is 0.480. The molecular weight excluding hydrogens is 362 g/mol. The Kier molecular flexibility index (Phi) is 8.58. The smallest absolute Gasteiger partial charge is 0.227 e. The number of benzene rings is 1. The Morgan fingerprint density at radius 3 is 2.59 bits per heavy atom. The minimum atomic E-state index is -0.105. The van der Waals surface area contributed by atoms with Crippen molar-refractivity contribution in [3.63, 3.8) is 0 Å². The fourth-order valence-electron chi connectivity index (χ4n) is 2.33. The number of carbonyl (C=O) groups is 1. The van der Waals surface area contributed by atoms with E-state index in [1.54, 1.807) is 12.3 Å². The second kappa shape index (κ2) is 11.2. The lowest BCUT2D eigenvalue weighted by atomic mass is 10.1. The molecule has 0 atom stereocenters. The number of amides is 1. The largest absolute Gasteiger partial charge is 0.357 e. The summed E-state index contributed by atoms with van der Waals surface area (Å²) in [6, 6.07) is 11.5. The highest BCUT2D eigenvalue weighted by atomic mass is 35.5. The minimum Gasteiger partial charge on any atom is -0.357 e. The standard InChI is InChI=1S/C20H26ClN5O/c1-3-22-20(23-12-10-16-5-7-17(21)8-6-16)24-13-11-19(27)26-18-9-4-15(2)14-25-18/h4-9,14H,3,10-13H2,1-2H3,(H2,22,23,24)(H,25,26,27). The number of guanidine groups is 1. The molecule has 0 spiro atoms. The van der Waals surface area contributed by atoms with Crippen LogP contribution in [-0.2, 0) is 11.2 Å². The molecule has 1 amide bonds. The Balaban J connectivity index is 1.75. The van der Waals surface area contributed by atoms with Crippen molar-refractivity contribution in [2.75, 3.05) is 25.0 Å². The van der Waals surface area contributed by atoms with Gasteiger partial charge in [0.15, 0.2) is 5.96 Å². The van der Waals surface area contributed by atoms with Gasteiger partial charge < -0.3 is 16.0 Å². The van der Waals surface area contributed by atoms with E-state index >= 15 is 0 Å². The van der Waals surface area contributed by atoms with E-state index < -0.39 is 0 Å². The summed E-state index contributed by atoms with van der Waals surface area (Å²) in [5.74, 6) is 1.16. The van der Waals surface area contributed by atoms with Crippen molar-refractivity contribution in [3.05, 3.63) is 58.7 Å². The van der Waals surface area contributed by atoms with E-state index in [0.29, 0.717) is 24.7 Å². The molecule has 1 aromatic heterocycles. The van der Waals surface area contributed by atoms with Crippen LogP contribution in [0.2, 0.25) is 5.02 Å². The van der Waals surface area contributed by atoms with Crippen LogP contribution in [0.25, 0.3) is 0 Å². The summed E-state index contributed by atoms with van der Waals surface area (Å²) >= 11 is 5.90. The lowest BCUT2D eigenvalue weighted by Crippen LogP contribution is -2.38. The van der Waals surface area contributed by atoms with Crippen LogP contribution < -0.4 is 16.0 Å². The number of pyridine rings is 1. The molecule has 1 aromatic carbocycles. The summed E-state index contributed by atoms with van der Waals surface area (Å²) in [7, 11) is 0. The van der Waals surface area contributed by atoms with Gasteiger partial charge in [-0.1, -0.05) is 29.8 Å². The molecule has 0 bridgehead atoms. The average molecular weight is 388 g/mol. The first kappa shape index (κ1) is 20.7. The molecule has 27 heavy (non-hydrogen) atoms. The Hall–Kier alpha value is -2.60. The molecule has 0 radical (unpaired) electrons. The van der Waals surface area contributed by atoms with Crippen LogP contribution in [0.1, 0.15) is 24.5 Å².